The van der Waals surface area contributed by atoms with Crippen LogP contribution in [0.4, 0.5) is 0 Å². The molecule has 3 heterocycles. The number of hydrogen-bond donors (Lipinski definition) is 0. The average molecular weight is 691 g/mol. The Morgan fingerprint density at radius 3 is 2.28 bits per heavy atom. The average Bonchev–Trinajstić information content (AvgIpc) is 3.27. The monoisotopic (exact) mass is 690 g/mol. The van der Waals surface area contributed by atoms with Crippen molar-refractivity contribution in [2.24, 2.45) is 0 Å². The maximum atomic E-state index is 6.04. The summed E-state index contributed by atoms with van der Waals surface area (Å²) in [6.07, 6.45) is 3.76. The molecule has 39 heavy (non-hydrogen) atoms. The third-order valence-corrected chi connectivity index (χ3v) is 6.95. The van der Waals surface area contributed by atoms with Crippen molar-refractivity contribution in [1.82, 2.24) is 14.5 Å². The van der Waals surface area contributed by atoms with Gasteiger partial charge in [-0.25, -0.2) is 21.1 Å². The zero-order valence-electron chi connectivity index (χ0n) is 22.4. The van der Waals surface area contributed by atoms with Crippen LogP contribution in [0.5, 0.6) is 11.6 Å². The first-order chi connectivity index (χ1) is 18.5. The van der Waals surface area contributed by atoms with Gasteiger partial charge in [0.25, 0.3) is 0 Å². The SMILES string of the molecule is CC(C)c1ccc(Oc2[c-]c(-c3[c-]c4c(cc3)c3ccccc3n4-c3cc(C(C)C)ccn3)ccc2)nc1.[Pt+2]. The van der Waals surface area contributed by atoms with E-state index >= 15 is 0 Å². The Bertz CT molecular complexity index is 1750. The fourth-order valence-electron chi connectivity index (χ4n) is 4.77. The first-order valence-corrected chi connectivity index (χ1v) is 13.1. The minimum absolute atomic E-state index is 0. The summed E-state index contributed by atoms with van der Waals surface area (Å²) in [6, 6.07) is 33.9. The molecule has 4 nitrogen and oxygen atoms in total. The molecule has 3 aromatic heterocycles. The predicted octanol–water partition coefficient (Wildman–Crippen LogP) is 8.88. The van der Waals surface area contributed by atoms with Gasteiger partial charge in [-0.1, -0.05) is 57.3 Å². The number of rotatable bonds is 6. The maximum absolute atomic E-state index is 6.04. The quantitative estimate of drug-likeness (QED) is 0.164. The first-order valence-electron chi connectivity index (χ1n) is 13.1. The number of nitrogens with zero attached hydrogens (tertiary/aromatic N) is 3. The largest absolute Gasteiger partial charge is 2.00 e. The van der Waals surface area contributed by atoms with E-state index in [1.165, 1.54) is 16.5 Å². The van der Waals surface area contributed by atoms with Crippen LogP contribution in [0.3, 0.4) is 0 Å². The van der Waals surface area contributed by atoms with Crippen LogP contribution in [-0.2, 0) is 21.1 Å². The second-order valence-electron chi connectivity index (χ2n) is 10.2. The Labute approximate surface area is 244 Å². The molecule has 0 saturated heterocycles. The Kier molecular flexibility index (Phi) is 7.68. The summed E-state index contributed by atoms with van der Waals surface area (Å²) >= 11 is 0. The van der Waals surface area contributed by atoms with E-state index in [-0.39, 0.29) is 21.1 Å². The minimum atomic E-state index is 0. The van der Waals surface area contributed by atoms with E-state index < -0.39 is 0 Å². The summed E-state index contributed by atoms with van der Waals surface area (Å²) in [5, 5.41) is 2.32. The molecule has 196 valence electrons. The Balaban J connectivity index is 0.00000308. The van der Waals surface area contributed by atoms with Crippen molar-refractivity contribution in [1.29, 1.82) is 0 Å². The van der Waals surface area contributed by atoms with E-state index in [0.717, 1.165) is 33.4 Å². The van der Waals surface area contributed by atoms with Crippen molar-refractivity contribution >= 4 is 21.8 Å². The second-order valence-corrected chi connectivity index (χ2v) is 10.2. The molecule has 0 saturated carbocycles. The molecule has 0 spiro atoms. The molecule has 0 aliphatic heterocycles. The van der Waals surface area contributed by atoms with Crippen LogP contribution < -0.4 is 4.74 Å². The fraction of sp³-hybridized carbons (Fsp3) is 0.176. The topological polar surface area (TPSA) is 39.9 Å². The van der Waals surface area contributed by atoms with Gasteiger partial charge >= 0.3 is 21.1 Å². The molecular weight excluding hydrogens is 661 g/mol. The molecule has 0 fully saturated rings. The Morgan fingerprint density at radius 1 is 0.718 bits per heavy atom. The van der Waals surface area contributed by atoms with Crippen LogP contribution in [0, 0.1) is 12.1 Å². The van der Waals surface area contributed by atoms with Gasteiger partial charge in [0.15, 0.2) is 0 Å². The smallest absolute Gasteiger partial charge is 0.460 e. The summed E-state index contributed by atoms with van der Waals surface area (Å²) in [5.41, 5.74) is 6.38. The van der Waals surface area contributed by atoms with Crippen molar-refractivity contribution < 1.29 is 25.8 Å². The van der Waals surface area contributed by atoms with Crippen LogP contribution in [0.1, 0.15) is 50.7 Å². The molecule has 5 heteroatoms. The molecule has 0 aliphatic carbocycles. The number of ether oxygens (including phenoxy) is 1. The van der Waals surface area contributed by atoms with Gasteiger partial charge in [-0.05, 0) is 52.1 Å². The van der Waals surface area contributed by atoms with Crippen LogP contribution in [0.2, 0.25) is 0 Å². The zero-order valence-corrected chi connectivity index (χ0v) is 24.7. The third kappa shape index (κ3) is 5.27. The molecule has 0 atom stereocenters. The Hall–Kier alpha value is -3.75. The molecule has 0 radical (unpaired) electrons. The molecule has 0 amide bonds. The van der Waals surface area contributed by atoms with Gasteiger partial charge in [-0.3, -0.25) is 0 Å². The number of hydrogen-bond acceptors (Lipinski definition) is 3. The number of fused-ring (bicyclic) bond motifs is 3. The maximum Gasteiger partial charge on any atom is 2.00 e. The normalized spacial score (nSPS) is 11.3. The fourth-order valence-corrected chi connectivity index (χ4v) is 4.77. The van der Waals surface area contributed by atoms with Crippen molar-refractivity contribution in [3.8, 4) is 28.6 Å². The third-order valence-electron chi connectivity index (χ3n) is 6.95. The molecule has 0 aliphatic rings. The molecule has 0 unspecified atom stereocenters. The molecule has 6 rings (SSSR count). The van der Waals surface area contributed by atoms with Crippen LogP contribution in [0.15, 0.2) is 91.3 Å². The second kappa shape index (κ2) is 11.2. The summed E-state index contributed by atoms with van der Waals surface area (Å²) < 4.78 is 8.25. The van der Waals surface area contributed by atoms with Crippen LogP contribution in [0.25, 0.3) is 38.8 Å². The van der Waals surface area contributed by atoms with E-state index in [9.17, 15) is 0 Å². The van der Waals surface area contributed by atoms with Gasteiger partial charge in [-0.15, -0.1) is 18.2 Å². The molecule has 6 aromatic rings. The van der Waals surface area contributed by atoms with Gasteiger partial charge in [0, 0.05) is 29.7 Å². The summed E-state index contributed by atoms with van der Waals surface area (Å²) in [4.78, 5) is 9.22. The molecule has 0 bridgehead atoms. The first kappa shape index (κ1) is 26.8. The van der Waals surface area contributed by atoms with Crippen molar-refractivity contribution in [2.45, 2.75) is 39.5 Å². The van der Waals surface area contributed by atoms with Crippen molar-refractivity contribution in [2.75, 3.05) is 0 Å². The van der Waals surface area contributed by atoms with Crippen LogP contribution >= 0.6 is 0 Å². The standard InChI is InChI=1S/C34H29N3O.Pt/c1-22(2)24-16-17-35-33(20-24)37-31-11-6-5-10-29(31)30-14-12-26(19-32(30)37)25-8-7-9-28(18-25)38-34-15-13-27(21-36-34)23(3)4;/h5-17,20-23H,1-4H3;/q-2;+2. The van der Waals surface area contributed by atoms with Crippen molar-refractivity contribution in [3.05, 3.63) is 115 Å². The van der Waals surface area contributed by atoms with E-state index in [1.54, 1.807) is 0 Å². The van der Waals surface area contributed by atoms with Gasteiger partial charge in [0.05, 0.1) is 0 Å². The van der Waals surface area contributed by atoms with E-state index in [1.807, 2.05) is 36.7 Å². The number of para-hydroxylation sites is 1. The van der Waals surface area contributed by atoms with E-state index in [0.29, 0.717) is 23.5 Å². The van der Waals surface area contributed by atoms with Crippen LogP contribution in [-0.4, -0.2) is 14.5 Å². The predicted molar refractivity (Wildman–Crippen MR) is 154 cm³/mol. The molecule has 0 N–H and O–H groups in total. The number of pyridine rings is 2. The van der Waals surface area contributed by atoms with Gasteiger partial charge in [0.1, 0.15) is 5.82 Å². The molecule has 3 aromatic carbocycles. The molecular formula is C34H29N3OPt. The van der Waals surface area contributed by atoms with Gasteiger partial charge in [-0.2, -0.15) is 24.3 Å². The van der Waals surface area contributed by atoms with Crippen molar-refractivity contribution in [3.63, 3.8) is 0 Å². The van der Waals surface area contributed by atoms with E-state index in [2.05, 4.69) is 104 Å². The summed E-state index contributed by atoms with van der Waals surface area (Å²) in [6.45, 7) is 8.71. The number of aromatic nitrogens is 3. The number of benzene rings is 3. The summed E-state index contributed by atoms with van der Waals surface area (Å²) in [7, 11) is 0. The Morgan fingerprint density at radius 2 is 1.51 bits per heavy atom. The zero-order chi connectivity index (χ0) is 26.2. The van der Waals surface area contributed by atoms with E-state index in [4.69, 9.17) is 9.72 Å². The summed E-state index contributed by atoms with van der Waals surface area (Å²) in [5.74, 6) is 2.91. The minimum Gasteiger partial charge on any atom is -0.460 e. The van der Waals surface area contributed by atoms with Gasteiger partial charge < -0.3 is 9.30 Å². The van der Waals surface area contributed by atoms with Gasteiger partial charge in [0.2, 0.25) is 5.88 Å².